The van der Waals surface area contributed by atoms with Crippen LogP contribution in [-0.2, 0) is 0 Å². The van der Waals surface area contributed by atoms with Crippen LogP contribution in [0.5, 0.6) is 0 Å². The van der Waals surface area contributed by atoms with E-state index in [-0.39, 0.29) is 0 Å². The fourth-order valence-corrected chi connectivity index (χ4v) is 1.78. The molecule has 0 fully saturated rings. The van der Waals surface area contributed by atoms with Gasteiger partial charge in [-0.05, 0) is 42.7 Å². The van der Waals surface area contributed by atoms with E-state index < -0.39 is 0 Å². The van der Waals surface area contributed by atoms with Gasteiger partial charge in [-0.15, -0.1) is 0 Å². The summed E-state index contributed by atoms with van der Waals surface area (Å²) in [5.74, 6) is 1.20. The van der Waals surface area contributed by atoms with Crippen molar-refractivity contribution in [1.82, 2.24) is 0 Å². The Labute approximate surface area is 95.9 Å². The molecule has 0 spiro atoms. The SMILES string of the molecule is CSCCCN(C)c1ccc(C#N)cc1. The Hall–Kier alpha value is -1.14. The largest absolute Gasteiger partial charge is 0.375 e. The first-order chi connectivity index (χ1) is 7.27. The summed E-state index contributed by atoms with van der Waals surface area (Å²) in [5, 5.41) is 8.67. The maximum atomic E-state index is 8.67. The third kappa shape index (κ3) is 3.85. The van der Waals surface area contributed by atoms with Crippen molar-refractivity contribution in [2.45, 2.75) is 6.42 Å². The summed E-state index contributed by atoms with van der Waals surface area (Å²) in [6.07, 6.45) is 3.32. The van der Waals surface area contributed by atoms with Crippen molar-refractivity contribution in [2.75, 3.05) is 30.5 Å². The van der Waals surface area contributed by atoms with Gasteiger partial charge in [-0.1, -0.05) is 0 Å². The molecule has 3 heteroatoms. The predicted molar refractivity (Wildman–Crippen MR) is 67.4 cm³/mol. The van der Waals surface area contributed by atoms with Gasteiger partial charge in [0.2, 0.25) is 0 Å². The first-order valence-electron chi connectivity index (χ1n) is 4.98. The molecule has 1 rings (SSSR count). The minimum Gasteiger partial charge on any atom is -0.375 e. The second kappa shape index (κ2) is 6.36. The number of benzene rings is 1. The Bertz CT molecular complexity index is 326. The highest BCUT2D eigenvalue weighted by Crippen LogP contribution is 2.13. The minimum atomic E-state index is 0.719. The van der Waals surface area contributed by atoms with Crippen molar-refractivity contribution < 1.29 is 0 Å². The molecule has 0 heterocycles. The van der Waals surface area contributed by atoms with Crippen molar-refractivity contribution in [3.05, 3.63) is 29.8 Å². The molecule has 80 valence electrons. The molecule has 0 amide bonds. The van der Waals surface area contributed by atoms with Crippen LogP contribution in [0.1, 0.15) is 12.0 Å². The number of rotatable bonds is 5. The topological polar surface area (TPSA) is 27.0 Å². The fraction of sp³-hybridized carbons (Fsp3) is 0.417. The third-order valence-corrected chi connectivity index (χ3v) is 2.98. The molecule has 0 saturated carbocycles. The first kappa shape index (κ1) is 11.9. The van der Waals surface area contributed by atoms with E-state index in [2.05, 4.69) is 24.3 Å². The maximum Gasteiger partial charge on any atom is 0.0991 e. The van der Waals surface area contributed by atoms with Crippen LogP contribution in [0.4, 0.5) is 5.69 Å². The van der Waals surface area contributed by atoms with Gasteiger partial charge in [0.1, 0.15) is 0 Å². The van der Waals surface area contributed by atoms with Crippen LogP contribution in [0.15, 0.2) is 24.3 Å². The van der Waals surface area contributed by atoms with Crippen LogP contribution in [0.25, 0.3) is 0 Å². The molecule has 0 aromatic heterocycles. The first-order valence-corrected chi connectivity index (χ1v) is 6.37. The van der Waals surface area contributed by atoms with Crippen molar-refractivity contribution in [3.8, 4) is 6.07 Å². The van der Waals surface area contributed by atoms with Crippen molar-refractivity contribution in [2.24, 2.45) is 0 Å². The minimum absolute atomic E-state index is 0.719. The lowest BCUT2D eigenvalue weighted by Gasteiger charge is -2.18. The normalized spacial score (nSPS) is 9.67. The van der Waals surface area contributed by atoms with Gasteiger partial charge < -0.3 is 4.90 Å². The quantitative estimate of drug-likeness (QED) is 0.714. The molecule has 2 nitrogen and oxygen atoms in total. The smallest absolute Gasteiger partial charge is 0.0991 e. The summed E-state index contributed by atoms with van der Waals surface area (Å²) in [5.41, 5.74) is 1.89. The Morgan fingerprint density at radius 3 is 2.53 bits per heavy atom. The van der Waals surface area contributed by atoms with Crippen LogP contribution in [0, 0.1) is 11.3 Å². The highest BCUT2D eigenvalue weighted by atomic mass is 32.2. The standard InChI is InChI=1S/C12H16N2S/c1-14(8-3-9-15-2)12-6-4-11(10-13)5-7-12/h4-7H,3,8-9H2,1-2H3. The van der Waals surface area contributed by atoms with E-state index in [4.69, 9.17) is 5.26 Å². The zero-order chi connectivity index (χ0) is 11.1. The summed E-state index contributed by atoms with van der Waals surface area (Å²) in [7, 11) is 2.09. The van der Waals surface area contributed by atoms with E-state index in [1.807, 2.05) is 36.0 Å². The van der Waals surface area contributed by atoms with Crippen LogP contribution in [0.3, 0.4) is 0 Å². The Balaban J connectivity index is 2.51. The molecule has 0 radical (unpaired) electrons. The predicted octanol–water partition coefficient (Wildman–Crippen LogP) is 2.75. The van der Waals surface area contributed by atoms with Gasteiger partial charge in [-0.25, -0.2) is 0 Å². The lowest BCUT2D eigenvalue weighted by atomic mass is 10.2. The average molecular weight is 220 g/mol. The molecular weight excluding hydrogens is 204 g/mol. The molecule has 1 aromatic rings. The summed E-state index contributed by atoms with van der Waals surface area (Å²) in [4.78, 5) is 2.22. The van der Waals surface area contributed by atoms with Crippen molar-refractivity contribution in [1.29, 1.82) is 5.26 Å². The Morgan fingerprint density at radius 1 is 1.33 bits per heavy atom. The van der Waals surface area contributed by atoms with Crippen LogP contribution in [0.2, 0.25) is 0 Å². The van der Waals surface area contributed by atoms with Gasteiger partial charge in [-0.3, -0.25) is 0 Å². The van der Waals surface area contributed by atoms with Crippen LogP contribution in [-0.4, -0.2) is 25.6 Å². The third-order valence-electron chi connectivity index (χ3n) is 2.28. The highest BCUT2D eigenvalue weighted by Gasteiger charge is 1.99. The van der Waals surface area contributed by atoms with E-state index in [1.54, 1.807) is 0 Å². The van der Waals surface area contributed by atoms with Gasteiger partial charge >= 0.3 is 0 Å². The molecule has 0 N–H and O–H groups in total. The molecule has 15 heavy (non-hydrogen) atoms. The van der Waals surface area contributed by atoms with E-state index in [0.717, 1.165) is 12.1 Å². The maximum absolute atomic E-state index is 8.67. The molecule has 0 aliphatic heterocycles. The van der Waals surface area contributed by atoms with Gasteiger partial charge in [0.05, 0.1) is 11.6 Å². The summed E-state index contributed by atoms with van der Waals surface area (Å²) in [6, 6.07) is 9.84. The van der Waals surface area contributed by atoms with Gasteiger partial charge in [-0.2, -0.15) is 17.0 Å². The number of thioether (sulfide) groups is 1. The molecule has 1 aromatic carbocycles. The van der Waals surface area contributed by atoms with Crippen molar-refractivity contribution >= 4 is 17.4 Å². The molecule has 0 aliphatic carbocycles. The van der Waals surface area contributed by atoms with Crippen LogP contribution >= 0.6 is 11.8 Å². The summed E-state index contributed by atoms with van der Waals surface area (Å²) >= 11 is 1.88. The second-order valence-electron chi connectivity index (χ2n) is 3.43. The van der Waals surface area contributed by atoms with Crippen molar-refractivity contribution in [3.63, 3.8) is 0 Å². The zero-order valence-electron chi connectivity index (χ0n) is 9.23. The van der Waals surface area contributed by atoms with Crippen LogP contribution < -0.4 is 4.90 Å². The average Bonchev–Trinajstić information content (AvgIpc) is 2.29. The lowest BCUT2D eigenvalue weighted by Crippen LogP contribution is -2.18. The summed E-state index contributed by atoms with van der Waals surface area (Å²) < 4.78 is 0. The van der Waals surface area contributed by atoms with Gasteiger partial charge in [0.15, 0.2) is 0 Å². The molecule has 0 saturated heterocycles. The number of hydrogen-bond donors (Lipinski definition) is 0. The second-order valence-corrected chi connectivity index (χ2v) is 4.41. The summed E-state index contributed by atoms with van der Waals surface area (Å²) in [6.45, 7) is 1.06. The molecule has 0 aliphatic rings. The highest BCUT2D eigenvalue weighted by molar-refractivity contribution is 7.98. The molecule has 0 atom stereocenters. The van der Waals surface area contributed by atoms with E-state index >= 15 is 0 Å². The number of nitriles is 1. The Kier molecular flexibility index (Phi) is 5.06. The fourth-order valence-electron chi connectivity index (χ4n) is 1.37. The molecule has 0 bridgehead atoms. The molecule has 0 unspecified atom stereocenters. The number of nitrogens with zero attached hydrogens (tertiary/aromatic N) is 2. The van der Waals surface area contributed by atoms with E-state index in [9.17, 15) is 0 Å². The number of anilines is 1. The monoisotopic (exact) mass is 220 g/mol. The lowest BCUT2D eigenvalue weighted by molar-refractivity contribution is 0.860. The van der Waals surface area contributed by atoms with Gasteiger partial charge in [0, 0.05) is 19.3 Å². The Morgan fingerprint density at radius 2 is 2.00 bits per heavy atom. The zero-order valence-corrected chi connectivity index (χ0v) is 10.0. The van der Waals surface area contributed by atoms with Gasteiger partial charge in [0.25, 0.3) is 0 Å². The molecular formula is C12H16N2S. The van der Waals surface area contributed by atoms with E-state index in [0.29, 0.717) is 0 Å². The number of hydrogen-bond acceptors (Lipinski definition) is 3. The van der Waals surface area contributed by atoms with E-state index in [1.165, 1.54) is 17.9 Å².